The number of nitrogens with one attached hydrogen (secondary N) is 1. The van der Waals surface area contributed by atoms with Crippen LogP contribution in [0, 0.1) is 6.92 Å². The first-order valence-electron chi connectivity index (χ1n) is 7.69. The van der Waals surface area contributed by atoms with Gasteiger partial charge in [-0.1, -0.05) is 31.2 Å². The molecule has 0 fully saturated rings. The average Bonchev–Trinajstić information content (AvgIpc) is 2.88. The second-order valence-electron chi connectivity index (χ2n) is 5.52. The van der Waals surface area contributed by atoms with Crippen LogP contribution >= 0.6 is 0 Å². The van der Waals surface area contributed by atoms with E-state index in [1.807, 2.05) is 0 Å². The van der Waals surface area contributed by atoms with Gasteiger partial charge in [0.15, 0.2) is 5.82 Å². The third-order valence-corrected chi connectivity index (χ3v) is 3.69. The Labute approximate surface area is 126 Å². The van der Waals surface area contributed by atoms with Gasteiger partial charge in [0, 0.05) is 12.5 Å². The van der Waals surface area contributed by atoms with Gasteiger partial charge in [0.25, 0.3) is 0 Å². The Kier molecular flexibility index (Phi) is 5.87. The molecule has 0 saturated heterocycles. The summed E-state index contributed by atoms with van der Waals surface area (Å²) in [5, 5.41) is 15.9. The first-order valence-corrected chi connectivity index (χ1v) is 7.69. The van der Waals surface area contributed by atoms with Gasteiger partial charge in [-0.2, -0.15) is 4.80 Å². The molecular weight excluding hydrogens is 262 g/mol. The zero-order valence-corrected chi connectivity index (χ0v) is 13.2. The minimum absolute atomic E-state index is 0.397. The summed E-state index contributed by atoms with van der Waals surface area (Å²) in [4.78, 5) is 1.52. The Balaban J connectivity index is 1.94. The molecular formula is C16H25N5. The van der Waals surface area contributed by atoms with Gasteiger partial charge in [0.2, 0.25) is 0 Å². The quantitative estimate of drug-likeness (QED) is 0.807. The molecule has 0 bridgehead atoms. The molecule has 1 heterocycles. The van der Waals surface area contributed by atoms with Crippen molar-refractivity contribution in [3.05, 3.63) is 41.2 Å². The Morgan fingerprint density at radius 1 is 1.29 bits per heavy atom. The molecule has 0 saturated carbocycles. The van der Waals surface area contributed by atoms with Crippen molar-refractivity contribution >= 4 is 0 Å². The Hall–Kier alpha value is -1.75. The van der Waals surface area contributed by atoms with Crippen molar-refractivity contribution in [1.29, 1.82) is 0 Å². The van der Waals surface area contributed by atoms with Crippen LogP contribution in [0.2, 0.25) is 0 Å². The van der Waals surface area contributed by atoms with Gasteiger partial charge >= 0.3 is 0 Å². The minimum atomic E-state index is 0.397. The molecule has 0 radical (unpaired) electrons. The van der Waals surface area contributed by atoms with Crippen LogP contribution in [0.5, 0.6) is 0 Å². The molecule has 2 rings (SSSR count). The molecule has 0 amide bonds. The molecule has 0 spiro atoms. The van der Waals surface area contributed by atoms with Crippen molar-refractivity contribution in [2.24, 2.45) is 7.05 Å². The second-order valence-corrected chi connectivity index (χ2v) is 5.52. The normalized spacial score (nSPS) is 12.5. The maximum Gasteiger partial charge on any atom is 0.176 e. The summed E-state index contributed by atoms with van der Waals surface area (Å²) in [7, 11) is 1.80. The van der Waals surface area contributed by atoms with Crippen LogP contribution in [0.15, 0.2) is 24.3 Å². The lowest BCUT2D eigenvalue weighted by atomic mass is 9.99. The molecule has 5 heteroatoms. The van der Waals surface area contributed by atoms with Crippen LogP contribution in [0.1, 0.15) is 36.7 Å². The van der Waals surface area contributed by atoms with Gasteiger partial charge in [-0.25, -0.2) is 0 Å². The molecule has 0 aliphatic heterocycles. The van der Waals surface area contributed by atoms with Crippen LogP contribution in [0.25, 0.3) is 0 Å². The van der Waals surface area contributed by atoms with Crippen LogP contribution in [0.3, 0.4) is 0 Å². The summed E-state index contributed by atoms with van der Waals surface area (Å²) in [6.45, 7) is 5.39. The Morgan fingerprint density at radius 3 is 2.76 bits per heavy atom. The van der Waals surface area contributed by atoms with E-state index in [9.17, 15) is 0 Å². The number of hydrogen-bond acceptors (Lipinski definition) is 4. The summed E-state index contributed by atoms with van der Waals surface area (Å²) in [6.07, 6.45) is 4.13. The van der Waals surface area contributed by atoms with Crippen LogP contribution in [0.4, 0.5) is 0 Å². The highest BCUT2D eigenvalue weighted by molar-refractivity contribution is 5.25. The highest BCUT2D eigenvalue weighted by Crippen LogP contribution is 2.12. The van der Waals surface area contributed by atoms with Crippen molar-refractivity contribution in [3.8, 4) is 0 Å². The van der Waals surface area contributed by atoms with E-state index in [2.05, 4.69) is 58.8 Å². The van der Waals surface area contributed by atoms with Crippen molar-refractivity contribution in [1.82, 2.24) is 25.5 Å². The van der Waals surface area contributed by atoms with Crippen LogP contribution in [-0.2, 0) is 19.9 Å². The summed E-state index contributed by atoms with van der Waals surface area (Å²) in [5.41, 5.74) is 2.79. The zero-order chi connectivity index (χ0) is 15.1. The van der Waals surface area contributed by atoms with E-state index in [1.165, 1.54) is 15.9 Å². The van der Waals surface area contributed by atoms with Crippen molar-refractivity contribution in [3.63, 3.8) is 0 Å². The van der Waals surface area contributed by atoms with Crippen LogP contribution < -0.4 is 5.32 Å². The summed E-state index contributed by atoms with van der Waals surface area (Å²) in [5.74, 6) is 0.816. The van der Waals surface area contributed by atoms with Crippen molar-refractivity contribution in [2.75, 3.05) is 6.54 Å². The number of hydrogen-bond donors (Lipinski definition) is 1. The van der Waals surface area contributed by atoms with Gasteiger partial charge in [-0.15, -0.1) is 10.2 Å². The number of aryl methyl sites for hydroxylation is 3. The molecule has 21 heavy (non-hydrogen) atoms. The largest absolute Gasteiger partial charge is 0.314 e. The molecule has 1 unspecified atom stereocenters. The minimum Gasteiger partial charge on any atom is -0.314 e. The molecule has 1 aromatic heterocycles. The molecule has 0 aliphatic rings. The van der Waals surface area contributed by atoms with E-state index < -0.39 is 0 Å². The summed E-state index contributed by atoms with van der Waals surface area (Å²) < 4.78 is 0. The third-order valence-electron chi connectivity index (χ3n) is 3.69. The molecule has 2 aromatic rings. The van der Waals surface area contributed by atoms with E-state index in [0.29, 0.717) is 6.04 Å². The van der Waals surface area contributed by atoms with E-state index in [0.717, 1.165) is 38.1 Å². The number of benzene rings is 1. The fraction of sp³-hybridized carbons (Fsp3) is 0.562. The lowest BCUT2D eigenvalue weighted by Gasteiger charge is -2.17. The molecule has 1 N–H and O–H groups in total. The molecule has 5 nitrogen and oxygen atoms in total. The van der Waals surface area contributed by atoms with Gasteiger partial charge in [0.05, 0.1) is 7.05 Å². The van der Waals surface area contributed by atoms with E-state index in [1.54, 1.807) is 7.05 Å². The molecule has 0 aliphatic carbocycles. The van der Waals surface area contributed by atoms with E-state index in [-0.39, 0.29) is 0 Å². The highest BCUT2D eigenvalue weighted by atomic mass is 15.6. The first kappa shape index (κ1) is 15.6. The van der Waals surface area contributed by atoms with Gasteiger partial charge in [-0.05, 0) is 49.1 Å². The number of aromatic nitrogens is 4. The first-order chi connectivity index (χ1) is 10.2. The highest BCUT2D eigenvalue weighted by Gasteiger charge is 2.13. The second kappa shape index (κ2) is 7.88. The number of nitrogens with zero attached hydrogens (tertiary/aromatic N) is 4. The topological polar surface area (TPSA) is 55.6 Å². The number of rotatable bonds is 8. The zero-order valence-electron chi connectivity index (χ0n) is 13.2. The predicted molar refractivity (Wildman–Crippen MR) is 84.1 cm³/mol. The maximum absolute atomic E-state index is 4.29. The fourth-order valence-electron chi connectivity index (χ4n) is 2.47. The van der Waals surface area contributed by atoms with Crippen LogP contribution in [-0.4, -0.2) is 32.8 Å². The lowest BCUT2D eigenvalue weighted by molar-refractivity contribution is 0.468. The number of tetrazole rings is 1. The van der Waals surface area contributed by atoms with Gasteiger partial charge in [0.1, 0.15) is 0 Å². The molecule has 1 aromatic carbocycles. The van der Waals surface area contributed by atoms with Crippen molar-refractivity contribution < 1.29 is 0 Å². The standard InChI is InChI=1S/C16H25N5/c1-4-11-17-15(12-16-18-20-21(3)19-16)10-9-14-8-6-5-7-13(14)2/h5-8,15,17H,4,9-12H2,1-3H3. The average molecular weight is 287 g/mol. The summed E-state index contributed by atoms with van der Waals surface area (Å²) in [6, 6.07) is 8.99. The van der Waals surface area contributed by atoms with Gasteiger partial charge < -0.3 is 5.32 Å². The Bertz CT molecular complexity index is 549. The molecule has 114 valence electrons. The van der Waals surface area contributed by atoms with E-state index >= 15 is 0 Å². The lowest BCUT2D eigenvalue weighted by Crippen LogP contribution is -2.32. The van der Waals surface area contributed by atoms with Crippen molar-refractivity contribution in [2.45, 2.75) is 45.6 Å². The Morgan fingerprint density at radius 2 is 2.10 bits per heavy atom. The molecule has 1 atom stereocenters. The monoisotopic (exact) mass is 287 g/mol. The smallest absolute Gasteiger partial charge is 0.176 e. The SMILES string of the molecule is CCCNC(CCc1ccccc1C)Cc1nnn(C)n1. The van der Waals surface area contributed by atoms with Gasteiger partial charge in [-0.3, -0.25) is 0 Å². The fourth-order valence-corrected chi connectivity index (χ4v) is 2.47. The maximum atomic E-state index is 4.29. The van der Waals surface area contributed by atoms with E-state index in [4.69, 9.17) is 0 Å². The third kappa shape index (κ3) is 4.93. The summed E-state index contributed by atoms with van der Waals surface area (Å²) >= 11 is 0. The predicted octanol–water partition coefficient (Wildman–Crippen LogP) is 2.06.